The molecule has 2 N–H and O–H groups in total. The van der Waals surface area contributed by atoms with Gasteiger partial charge in [0.25, 0.3) is 0 Å². The highest BCUT2D eigenvalue weighted by Crippen LogP contribution is 2.33. The summed E-state index contributed by atoms with van der Waals surface area (Å²) < 4.78 is 0. The number of para-hydroxylation sites is 1. The molecule has 0 bridgehead atoms. The molecule has 1 aliphatic rings. The molecular formula is C16H26N2O. The molecule has 2 rings (SSSR count). The Morgan fingerprint density at radius 1 is 1.42 bits per heavy atom. The Bertz CT molecular complexity index is 431. The van der Waals surface area contributed by atoms with Crippen molar-refractivity contribution in [3.05, 3.63) is 29.3 Å². The van der Waals surface area contributed by atoms with Crippen LogP contribution in [0.2, 0.25) is 0 Å². The molecule has 19 heavy (non-hydrogen) atoms. The fraction of sp³-hybridized carbons (Fsp3) is 0.625. The Labute approximate surface area is 116 Å². The fourth-order valence-corrected chi connectivity index (χ4v) is 2.93. The number of nitrogens with zero attached hydrogens (tertiary/aromatic N) is 1. The molecule has 1 aromatic carbocycles. The van der Waals surface area contributed by atoms with Gasteiger partial charge in [-0.2, -0.15) is 0 Å². The summed E-state index contributed by atoms with van der Waals surface area (Å²) in [5.74, 6) is 0.499. The van der Waals surface area contributed by atoms with Crippen LogP contribution in [-0.2, 0) is 0 Å². The van der Waals surface area contributed by atoms with Crippen molar-refractivity contribution >= 4 is 5.69 Å². The number of aliphatic hydroxyl groups is 1. The molecule has 3 nitrogen and oxygen atoms in total. The van der Waals surface area contributed by atoms with Gasteiger partial charge < -0.3 is 15.3 Å². The standard InChI is InChI=1S/C16H26N2O/c1-11(2)15-7-5-6-12(3)16(15)18-9-13(4)17-8-14(18)10-19/h5-7,11,13-14,17,19H,8-10H2,1-4H3. The fourth-order valence-electron chi connectivity index (χ4n) is 2.93. The van der Waals surface area contributed by atoms with Crippen molar-refractivity contribution in [3.63, 3.8) is 0 Å². The first kappa shape index (κ1) is 14.4. The van der Waals surface area contributed by atoms with E-state index in [0.29, 0.717) is 12.0 Å². The lowest BCUT2D eigenvalue weighted by Crippen LogP contribution is -2.57. The molecule has 0 amide bonds. The third-order valence-electron chi connectivity index (χ3n) is 4.00. The van der Waals surface area contributed by atoms with Gasteiger partial charge in [-0.3, -0.25) is 0 Å². The summed E-state index contributed by atoms with van der Waals surface area (Å²) in [7, 11) is 0. The van der Waals surface area contributed by atoms with E-state index in [2.05, 4.69) is 56.1 Å². The van der Waals surface area contributed by atoms with Crippen molar-refractivity contribution in [1.82, 2.24) is 5.32 Å². The van der Waals surface area contributed by atoms with Crippen molar-refractivity contribution in [1.29, 1.82) is 0 Å². The predicted octanol–water partition coefficient (Wildman–Crippen LogP) is 2.28. The molecule has 2 unspecified atom stereocenters. The van der Waals surface area contributed by atoms with Crippen molar-refractivity contribution in [2.24, 2.45) is 0 Å². The van der Waals surface area contributed by atoms with E-state index < -0.39 is 0 Å². The molecule has 0 saturated carbocycles. The number of rotatable bonds is 3. The van der Waals surface area contributed by atoms with Gasteiger partial charge in [0.1, 0.15) is 0 Å². The van der Waals surface area contributed by atoms with Gasteiger partial charge in [0.15, 0.2) is 0 Å². The molecule has 1 aromatic rings. The summed E-state index contributed by atoms with van der Waals surface area (Å²) in [5, 5.41) is 13.1. The molecule has 0 spiro atoms. The van der Waals surface area contributed by atoms with Crippen LogP contribution in [0.5, 0.6) is 0 Å². The molecule has 1 aliphatic heterocycles. The van der Waals surface area contributed by atoms with Gasteiger partial charge >= 0.3 is 0 Å². The summed E-state index contributed by atoms with van der Waals surface area (Å²) in [4.78, 5) is 2.39. The lowest BCUT2D eigenvalue weighted by Gasteiger charge is -2.42. The second-order valence-electron chi connectivity index (χ2n) is 5.97. The molecule has 0 radical (unpaired) electrons. The monoisotopic (exact) mass is 262 g/mol. The Balaban J connectivity index is 2.43. The minimum atomic E-state index is 0.176. The maximum atomic E-state index is 9.65. The smallest absolute Gasteiger partial charge is 0.0647 e. The largest absolute Gasteiger partial charge is 0.394 e. The van der Waals surface area contributed by atoms with Crippen LogP contribution in [0.1, 0.15) is 37.8 Å². The van der Waals surface area contributed by atoms with Crippen molar-refractivity contribution < 1.29 is 5.11 Å². The van der Waals surface area contributed by atoms with E-state index in [0.717, 1.165) is 13.1 Å². The van der Waals surface area contributed by atoms with Crippen LogP contribution in [0.15, 0.2) is 18.2 Å². The van der Waals surface area contributed by atoms with Crippen LogP contribution in [0, 0.1) is 6.92 Å². The molecule has 1 fully saturated rings. The minimum absolute atomic E-state index is 0.176. The van der Waals surface area contributed by atoms with Crippen LogP contribution >= 0.6 is 0 Å². The highest BCUT2D eigenvalue weighted by atomic mass is 16.3. The first-order valence-electron chi connectivity index (χ1n) is 7.25. The van der Waals surface area contributed by atoms with Crippen LogP contribution in [0.3, 0.4) is 0 Å². The number of aryl methyl sites for hydroxylation is 1. The zero-order chi connectivity index (χ0) is 14.0. The molecule has 2 atom stereocenters. The molecule has 0 aliphatic carbocycles. The van der Waals surface area contributed by atoms with Gasteiger partial charge in [0.05, 0.1) is 12.6 Å². The number of hydrogen-bond donors (Lipinski definition) is 2. The van der Waals surface area contributed by atoms with E-state index in [-0.39, 0.29) is 12.6 Å². The van der Waals surface area contributed by atoms with Crippen LogP contribution < -0.4 is 10.2 Å². The summed E-state index contributed by atoms with van der Waals surface area (Å²) in [6, 6.07) is 7.15. The Morgan fingerprint density at radius 3 is 2.79 bits per heavy atom. The zero-order valence-corrected chi connectivity index (χ0v) is 12.5. The quantitative estimate of drug-likeness (QED) is 0.877. The third kappa shape index (κ3) is 2.93. The second kappa shape index (κ2) is 5.93. The van der Waals surface area contributed by atoms with Gasteiger partial charge in [-0.25, -0.2) is 0 Å². The zero-order valence-electron chi connectivity index (χ0n) is 12.5. The van der Waals surface area contributed by atoms with E-state index in [4.69, 9.17) is 0 Å². The maximum Gasteiger partial charge on any atom is 0.0647 e. The van der Waals surface area contributed by atoms with Gasteiger partial charge in [0.2, 0.25) is 0 Å². The first-order chi connectivity index (χ1) is 9.04. The molecular weight excluding hydrogens is 236 g/mol. The lowest BCUT2D eigenvalue weighted by molar-refractivity contribution is 0.237. The average molecular weight is 262 g/mol. The van der Waals surface area contributed by atoms with E-state index in [1.807, 2.05) is 0 Å². The first-order valence-corrected chi connectivity index (χ1v) is 7.25. The minimum Gasteiger partial charge on any atom is -0.394 e. The van der Waals surface area contributed by atoms with Gasteiger partial charge in [0, 0.05) is 24.8 Å². The number of piperazine rings is 1. The normalized spacial score (nSPS) is 24.0. The van der Waals surface area contributed by atoms with E-state index in [1.54, 1.807) is 0 Å². The number of anilines is 1. The molecule has 0 aromatic heterocycles. The van der Waals surface area contributed by atoms with E-state index in [9.17, 15) is 5.11 Å². The van der Waals surface area contributed by atoms with Crippen LogP contribution in [-0.4, -0.2) is 36.9 Å². The Hall–Kier alpha value is -1.06. The van der Waals surface area contributed by atoms with E-state index >= 15 is 0 Å². The number of aliphatic hydroxyl groups excluding tert-OH is 1. The summed E-state index contributed by atoms with van der Waals surface area (Å²) in [5.41, 5.74) is 4.01. The Morgan fingerprint density at radius 2 is 2.16 bits per heavy atom. The summed E-state index contributed by atoms with van der Waals surface area (Å²) >= 11 is 0. The lowest BCUT2D eigenvalue weighted by atomic mass is 9.95. The van der Waals surface area contributed by atoms with E-state index in [1.165, 1.54) is 16.8 Å². The highest BCUT2D eigenvalue weighted by Gasteiger charge is 2.28. The predicted molar refractivity (Wildman–Crippen MR) is 81.0 cm³/mol. The topological polar surface area (TPSA) is 35.5 Å². The van der Waals surface area contributed by atoms with Gasteiger partial charge in [-0.1, -0.05) is 32.0 Å². The van der Waals surface area contributed by atoms with Crippen molar-refractivity contribution in [3.8, 4) is 0 Å². The highest BCUT2D eigenvalue weighted by molar-refractivity contribution is 5.61. The number of nitrogens with one attached hydrogen (secondary N) is 1. The van der Waals surface area contributed by atoms with Crippen LogP contribution in [0.25, 0.3) is 0 Å². The van der Waals surface area contributed by atoms with Crippen LogP contribution in [0.4, 0.5) is 5.69 Å². The third-order valence-corrected chi connectivity index (χ3v) is 4.00. The van der Waals surface area contributed by atoms with Crippen molar-refractivity contribution in [2.45, 2.75) is 45.7 Å². The SMILES string of the molecule is Cc1cccc(C(C)C)c1N1CC(C)NCC1CO. The molecule has 1 heterocycles. The number of hydrogen-bond acceptors (Lipinski definition) is 3. The average Bonchev–Trinajstić information content (AvgIpc) is 2.38. The number of benzene rings is 1. The van der Waals surface area contributed by atoms with Gasteiger partial charge in [-0.15, -0.1) is 0 Å². The second-order valence-corrected chi connectivity index (χ2v) is 5.97. The molecule has 1 saturated heterocycles. The summed E-state index contributed by atoms with van der Waals surface area (Å²) in [6.07, 6.45) is 0. The Kier molecular flexibility index (Phi) is 4.48. The summed E-state index contributed by atoms with van der Waals surface area (Å²) in [6.45, 7) is 10.8. The maximum absolute atomic E-state index is 9.65. The van der Waals surface area contributed by atoms with Gasteiger partial charge in [-0.05, 0) is 30.9 Å². The van der Waals surface area contributed by atoms with Crippen molar-refractivity contribution in [2.75, 3.05) is 24.6 Å². The molecule has 106 valence electrons. The molecule has 3 heteroatoms.